The van der Waals surface area contributed by atoms with Crippen LogP contribution in [0, 0.1) is 0 Å². The quantitative estimate of drug-likeness (QED) is 0.225. The van der Waals surface area contributed by atoms with Crippen molar-refractivity contribution < 1.29 is 9.58 Å². The van der Waals surface area contributed by atoms with Gasteiger partial charge in [0.15, 0.2) is 0 Å². The van der Waals surface area contributed by atoms with Crippen LogP contribution < -0.4 is 0 Å². The molecule has 22 heavy (non-hydrogen) atoms. The average Bonchev–Trinajstić information content (AvgIpc) is 2.42. The fourth-order valence-corrected chi connectivity index (χ4v) is 10.5. The molecule has 0 fully saturated rings. The Morgan fingerprint density at radius 2 is 1.50 bits per heavy atom. The standard InChI is InChI=1S/C17H25ClN2OSi/c1-11(2)22(12(3)4,13(5)6)17(20-19)16(21)14-9-7-8-10-15(14)18/h7-13H,1-6H3. The number of carbonyl (C=O) groups is 1. The highest BCUT2D eigenvalue weighted by Gasteiger charge is 2.56. The summed E-state index contributed by atoms with van der Waals surface area (Å²) in [5, 5.41) is 0.730. The second-order valence-electron chi connectivity index (χ2n) is 6.65. The summed E-state index contributed by atoms with van der Waals surface area (Å²) in [7, 11) is -2.33. The maximum atomic E-state index is 13.0. The molecule has 1 aromatic rings. The van der Waals surface area contributed by atoms with E-state index < -0.39 is 8.07 Å². The number of nitrogens with zero attached hydrogens (tertiary/aromatic N) is 2. The van der Waals surface area contributed by atoms with E-state index in [0.29, 0.717) is 15.9 Å². The van der Waals surface area contributed by atoms with Gasteiger partial charge in [-0.15, -0.1) is 0 Å². The molecule has 0 aliphatic heterocycles. The van der Waals surface area contributed by atoms with Crippen LogP contribution in [0.15, 0.2) is 24.3 Å². The van der Waals surface area contributed by atoms with E-state index >= 15 is 0 Å². The van der Waals surface area contributed by atoms with Crippen molar-refractivity contribution in [1.29, 1.82) is 0 Å². The molecule has 0 saturated heterocycles. The Labute approximate surface area is 139 Å². The Morgan fingerprint density at radius 1 is 1.05 bits per heavy atom. The first kappa shape index (κ1) is 18.8. The number of hydrogen-bond donors (Lipinski definition) is 0. The predicted octanol–water partition coefficient (Wildman–Crippen LogP) is 5.41. The van der Waals surface area contributed by atoms with Crippen molar-refractivity contribution in [3.05, 3.63) is 40.4 Å². The van der Waals surface area contributed by atoms with E-state index in [1.54, 1.807) is 24.3 Å². The lowest BCUT2D eigenvalue weighted by Gasteiger charge is -2.37. The lowest BCUT2D eigenvalue weighted by molar-refractivity contribution is -0.00296. The smallest absolute Gasteiger partial charge is 0.306 e. The second kappa shape index (κ2) is 7.36. The van der Waals surface area contributed by atoms with Gasteiger partial charge in [-0.25, -0.2) is 0 Å². The molecule has 0 aliphatic rings. The molecule has 0 bridgehead atoms. The summed E-state index contributed by atoms with van der Waals surface area (Å²) in [5.41, 5.74) is 10.9. The summed E-state index contributed by atoms with van der Waals surface area (Å²) in [4.78, 5) is 16.5. The van der Waals surface area contributed by atoms with Crippen LogP contribution in [0.2, 0.25) is 21.6 Å². The van der Waals surface area contributed by atoms with Gasteiger partial charge in [0.05, 0.1) is 5.02 Å². The van der Waals surface area contributed by atoms with Gasteiger partial charge in [-0.2, -0.15) is 4.79 Å². The van der Waals surface area contributed by atoms with Gasteiger partial charge in [0.1, 0.15) is 0 Å². The van der Waals surface area contributed by atoms with Gasteiger partial charge in [-0.1, -0.05) is 65.3 Å². The monoisotopic (exact) mass is 336 g/mol. The van der Waals surface area contributed by atoms with Crippen LogP contribution >= 0.6 is 11.6 Å². The molecule has 3 nitrogen and oxygen atoms in total. The van der Waals surface area contributed by atoms with Gasteiger partial charge in [0.2, 0.25) is 8.07 Å². The summed E-state index contributed by atoms with van der Waals surface area (Å²) in [5.74, 6) is -0.240. The number of carbonyl (C=O) groups excluding carboxylic acids is 1. The van der Waals surface area contributed by atoms with Crippen LogP contribution in [0.1, 0.15) is 51.9 Å². The van der Waals surface area contributed by atoms with Crippen LogP contribution in [0.3, 0.4) is 0 Å². The third-order valence-corrected chi connectivity index (χ3v) is 11.9. The van der Waals surface area contributed by atoms with E-state index in [4.69, 9.17) is 11.6 Å². The minimum absolute atomic E-state index is 0.240. The molecule has 0 aliphatic carbocycles. The van der Waals surface area contributed by atoms with Crippen molar-refractivity contribution in [3.63, 3.8) is 0 Å². The third kappa shape index (κ3) is 3.10. The number of hydrogen-bond acceptors (Lipinski definition) is 1. The molecule has 0 aromatic heterocycles. The van der Waals surface area contributed by atoms with E-state index in [1.165, 1.54) is 0 Å². The number of halogens is 1. The molecule has 0 N–H and O–H groups in total. The average molecular weight is 337 g/mol. The fourth-order valence-electron chi connectivity index (χ4n) is 3.92. The Bertz CT molecular complexity index is 583. The van der Waals surface area contributed by atoms with Gasteiger partial charge in [0, 0.05) is 5.56 Å². The van der Waals surface area contributed by atoms with Crippen molar-refractivity contribution in [2.24, 2.45) is 0 Å². The first-order valence-corrected chi connectivity index (χ1v) is 10.3. The summed E-state index contributed by atoms with van der Waals surface area (Å²) >= 11 is 6.17. The Morgan fingerprint density at radius 3 is 1.86 bits per heavy atom. The normalized spacial score (nSPS) is 11.9. The van der Waals surface area contributed by atoms with E-state index in [9.17, 15) is 10.3 Å². The number of ketones is 1. The van der Waals surface area contributed by atoms with Crippen molar-refractivity contribution in [2.75, 3.05) is 0 Å². The molecular weight excluding hydrogens is 312 g/mol. The lowest BCUT2D eigenvalue weighted by Crippen LogP contribution is -2.56. The van der Waals surface area contributed by atoms with Crippen molar-refractivity contribution >= 4 is 30.8 Å². The highest BCUT2D eigenvalue weighted by Crippen LogP contribution is 2.42. The number of benzene rings is 1. The van der Waals surface area contributed by atoms with Gasteiger partial charge < -0.3 is 5.53 Å². The zero-order valence-electron chi connectivity index (χ0n) is 14.2. The highest BCUT2D eigenvalue weighted by atomic mass is 35.5. The molecule has 0 spiro atoms. The first-order valence-electron chi connectivity index (χ1n) is 7.72. The summed E-state index contributed by atoms with van der Waals surface area (Å²) in [6.45, 7) is 12.7. The molecule has 0 saturated carbocycles. The predicted molar refractivity (Wildman–Crippen MR) is 95.5 cm³/mol. The first-order chi connectivity index (χ1) is 10.2. The summed E-state index contributed by atoms with van der Waals surface area (Å²) in [6.07, 6.45) is 0. The van der Waals surface area contributed by atoms with Crippen LogP contribution in [0.5, 0.6) is 0 Å². The number of Topliss-reactive ketones (excluding diaryl/α,β-unsaturated/α-hetero) is 1. The van der Waals surface area contributed by atoms with Gasteiger partial charge >= 0.3 is 5.33 Å². The molecule has 120 valence electrons. The highest BCUT2D eigenvalue weighted by molar-refractivity contribution is 7.16. The molecule has 0 amide bonds. The number of rotatable bonds is 6. The SMILES string of the molecule is CC(C)[Si](C(=[N+]=[N-])C(=O)c1ccccc1Cl)(C(C)C)C(C)C. The third-order valence-electron chi connectivity index (χ3n) is 4.71. The Hall–Kier alpha value is -1.22. The zero-order chi connectivity index (χ0) is 17.1. The molecule has 1 aromatic carbocycles. The minimum Gasteiger partial charge on any atom is -0.362 e. The van der Waals surface area contributed by atoms with Gasteiger partial charge in [-0.3, -0.25) is 4.79 Å². The largest absolute Gasteiger partial charge is 0.362 e. The van der Waals surface area contributed by atoms with Crippen molar-refractivity contribution in [1.82, 2.24) is 0 Å². The molecule has 0 atom stereocenters. The molecular formula is C17H25ClN2OSi. The fraction of sp³-hybridized carbons (Fsp3) is 0.529. The second-order valence-corrected chi connectivity index (χ2v) is 12.9. The molecule has 1 rings (SSSR count). The van der Waals surface area contributed by atoms with Crippen molar-refractivity contribution in [3.8, 4) is 0 Å². The molecule has 0 unspecified atom stereocenters. The van der Waals surface area contributed by atoms with E-state index in [1.807, 2.05) is 0 Å². The Kier molecular flexibility index (Phi) is 6.30. The Balaban J connectivity index is 3.55. The zero-order valence-corrected chi connectivity index (χ0v) is 16.0. The summed E-state index contributed by atoms with van der Waals surface area (Å²) < 4.78 is 0. The molecule has 0 heterocycles. The topological polar surface area (TPSA) is 53.5 Å². The van der Waals surface area contributed by atoms with Crippen LogP contribution in [-0.2, 0) is 0 Å². The van der Waals surface area contributed by atoms with Gasteiger partial charge in [0.25, 0.3) is 5.78 Å². The van der Waals surface area contributed by atoms with E-state index in [-0.39, 0.29) is 22.4 Å². The minimum atomic E-state index is -2.33. The molecule has 5 heteroatoms. The maximum Gasteiger partial charge on any atom is 0.306 e. The van der Waals surface area contributed by atoms with Crippen LogP contribution in [-0.4, -0.2) is 24.0 Å². The van der Waals surface area contributed by atoms with Crippen LogP contribution in [0.4, 0.5) is 0 Å². The van der Waals surface area contributed by atoms with E-state index in [2.05, 4.69) is 46.3 Å². The lowest BCUT2D eigenvalue weighted by atomic mass is 10.1. The van der Waals surface area contributed by atoms with Crippen LogP contribution in [0.25, 0.3) is 5.53 Å². The molecule has 0 radical (unpaired) electrons. The summed E-state index contributed by atoms with van der Waals surface area (Å²) in [6, 6.07) is 6.94. The van der Waals surface area contributed by atoms with Gasteiger partial charge in [-0.05, 0) is 28.8 Å². The maximum absolute atomic E-state index is 13.0. The van der Waals surface area contributed by atoms with E-state index in [0.717, 1.165) is 0 Å². The van der Waals surface area contributed by atoms with Crippen molar-refractivity contribution in [2.45, 2.75) is 58.2 Å².